The SMILES string of the molecule is CC(C)c1ccc(Oc2cnc3c(c2)c2nc4ccccc4n2c2cccc(C(C)C)c32)cc1N1CN(C)c2cccnc21. The van der Waals surface area contributed by atoms with Gasteiger partial charge in [-0.25, -0.2) is 9.97 Å². The second-order valence-corrected chi connectivity index (χ2v) is 12.3. The summed E-state index contributed by atoms with van der Waals surface area (Å²) < 4.78 is 8.86. The van der Waals surface area contributed by atoms with Gasteiger partial charge in [0, 0.05) is 30.1 Å². The topological polar surface area (TPSA) is 58.8 Å². The summed E-state index contributed by atoms with van der Waals surface area (Å²) >= 11 is 0. The summed E-state index contributed by atoms with van der Waals surface area (Å²) in [5.74, 6) is 3.07. The van der Waals surface area contributed by atoms with Gasteiger partial charge in [-0.2, -0.15) is 0 Å². The van der Waals surface area contributed by atoms with Crippen LogP contribution in [-0.4, -0.2) is 33.1 Å². The molecule has 7 heteroatoms. The number of hydrogen-bond donors (Lipinski definition) is 0. The monoisotopic (exact) mass is 578 g/mol. The summed E-state index contributed by atoms with van der Waals surface area (Å²) in [5.41, 5.74) is 9.73. The minimum atomic E-state index is 0.339. The van der Waals surface area contributed by atoms with E-state index >= 15 is 0 Å². The van der Waals surface area contributed by atoms with E-state index in [0.29, 0.717) is 17.6 Å². The van der Waals surface area contributed by atoms with Crippen molar-refractivity contribution < 1.29 is 4.74 Å². The van der Waals surface area contributed by atoms with Crippen molar-refractivity contribution in [3.8, 4) is 11.5 Å². The summed E-state index contributed by atoms with van der Waals surface area (Å²) in [4.78, 5) is 19.4. The molecule has 7 nitrogen and oxygen atoms in total. The van der Waals surface area contributed by atoms with E-state index in [4.69, 9.17) is 19.7 Å². The van der Waals surface area contributed by atoms with Gasteiger partial charge in [-0.1, -0.05) is 58.0 Å². The van der Waals surface area contributed by atoms with E-state index in [1.54, 1.807) is 0 Å². The first kappa shape index (κ1) is 26.5. The van der Waals surface area contributed by atoms with Crippen LogP contribution in [0.3, 0.4) is 0 Å². The summed E-state index contributed by atoms with van der Waals surface area (Å²) in [6.07, 6.45) is 3.70. The van der Waals surface area contributed by atoms with Crippen LogP contribution < -0.4 is 14.5 Å². The molecule has 0 spiro atoms. The molecule has 0 radical (unpaired) electrons. The lowest BCUT2D eigenvalue weighted by Crippen LogP contribution is -2.25. The zero-order valence-corrected chi connectivity index (χ0v) is 25.6. The van der Waals surface area contributed by atoms with E-state index < -0.39 is 0 Å². The zero-order valence-electron chi connectivity index (χ0n) is 25.6. The Hall–Kier alpha value is -5.17. The Balaban J connectivity index is 1.30. The van der Waals surface area contributed by atoms with E-state index in [-0.39, 0.29) is 0 Å². The van der Waals surface area contributed by atoms with Gasteiger partial charge >= 0.3 is 0 Å². The molecule has 44 heavy (non-hydrogen) atoms. The van der Waals surface area contributed by atoms with E-state index in [1.807, 2.05) is 24.5 Å². The van der Waals surface area contributed by atoms with Crippen molar-refractivity contribution in [2.45, 2.75) is 39.5 Å². The van der Waals surface area contributed by atoms with Crippen LogP contribution in [0.25, 0.3) is 38.5 Å². The van der Waals surface area contributed by atoms with E-state index in [0.717, 1.165) is 68.1 Å². The van der Waals surface area contributed by atoms with Gasteiger partial charge in [0.1, 0.15) is 17.1 Å². The highest BCUT2D eigenvalue weighted by Crippen LogP contribution is 2.43. The molecule has 3 aromatic carbocycles. The van der Waals surface area contributed by atoms with Crippen LogP contribution in [0.5, 0.6) is 11.5 Å². The van der Waals surface area contributed by atoms with E-state index in [1.165, 1.54) is 11.1 Å². The Morgan fingerprint density at radius 3 is 2.41 bits per heavy atom. The molecule has 218 valence electrons. The number of pyridine rings is 3. The Kier molecular flexibility index (Phi) is 5.98. The first-order valence-electron chi connectivity index (χ1n) is 15.3. The molecule has 0 bridgehead atoms. The summed E-state index contributed by atoms with van der Waals surface area (Å²) in [6, 6.07) is 27.4. The number of imidazole rings is 1. The molecule has 0 unspecified atom stereocenters. The fourth-order valence-corrected chi connectivity index (χ4v) is 6.69. The van der Waals surface area contributed by atoms with Crippen molar-refractivity contribution in [3.63, 3.8) is 0 Å². The Morgan fingerprint density at radius 2 is 1.57 bits per heavy atom. The molecule has 7 aromatic rings. The number of fused-ring (bicyclic) bond motifs is 9. The highest BCUT2D eigenvalue weighted by atomic mass is 16.5. The van der Waals surface area contributed by atoms with Crippen molar-refractivity contribution in [2.24, 2.45) is 0 Å². The maximum Gasteiger partial charge on any atom is 0.158 e. The van der Waals surface area contributed by atoms with Crippen LogP contribution in [0.4, 0.5) is 17.2 Å². The van der Waals surface area contributed by atoms with E-state index in [9.17, 15) is 0 Å². The predicted molar refractivity (Wildman–Crippen MR) is 180 cm³/mol. The van der Waals surface area contributed by atoms with E-state index in [2.05, 4.69) is 116 Å². The van der Waals surface area contributed by atoms with Crippen molar-refractivity contribution in [2.75, 3.05) is 23.5 Å². The van der Waals surface area contributed by atoms with Crippen molar-refractivity contribution in [3.05, 3.63) is 102 Å². The Labute approximate surface area is 256 Å². The lowest BCUT2D eigenvalue weighted by molar-refractivity contribution is 0.481. The molecule has 0 aliphatic carbocycles. The van der Waals surface area contributed by atoms with Gasteiger partial charge < -0.3 is 14.5 Å². The Bertz CT molecular complexity index is 2230. The normalized spacial score (nSPS) is 13.3. The largest absolute Gasteiger partial charge is 0.456 e. The Morgan fingerprint density at radius 1 is 0.750 bits per heavy atom. The highest BCUT2D eigenvalue weighted by Gasteiger charge is 2.28. The van der Waals surface area contributed by atoms with Gasteiger partial charge in [-0.05, 0) is 65.4 Å². The van der Waals surface area contributed by atoms with Gasteiger partial charge in [0.2, 0.25) is 0 Å². The molecule has 0 N–H and O–H groups in total. The standard InChI is InChI=1S/C37H34N6O/c1-22(2)26-16-15-24(19-33(26)42-21-41(5)32-14-9-17-38-37(32)42)44-25-18-28-35(39-20-25)34-27(23(3)4)10-8-13-31(34)43-30-12-7-6-11-29(30)40-36(28)43/h6-20,22-23H,21H2,1-5H3. The molecular weight excluding hydrogens is 544 g/mol. The number of nitrogens with zero attached hydrogens (tertiary/aromatic N) is 6. The number of ether oxygens (including phenoxy) is 1. The molecule has 0 fully saturated rings. The van der Waals surface area contributed by atoms with Crippen molar-refractivity contribution >= 4 is 55.7 Å². The van der Waals surface area contributed by atoms with Gasteiger partial charge in [0.15, 0.2) is 5.82 Å². The first-order valence-corrected chi connectivity index (χ1v) is 15.3. The van der Waals surface area contributed by atoms with Crippen LogP contribution in [0.1, 0.15) is 50.7 Å². The number of para-hydroxylation sites is 2. The third-order valence-electron chi connectivity index (χ3n) is 8.78. The fourth-order valence-electron chi connectivity index (χ4n) is 6.69. The van der Waals surface area contributed by atoms with Crippen LogP contribution >= 0.6 is 0 Å². The van der Waals surface area contributed by atoms with Crippen LogP contribution in [0, 0.1) is 0 Å². The van der Waals surface area contributed by atoms with Crippen LogP contribution in [0.2, 0.25) is 0 Å². The minimum absolute atomic E-state index is 0.339. The lowest BCUT2D eigenvalue weighted by atomic mass is 9.96. The predicted octanol–water partition coefficient (Wildman–Crippen LogP) is 9.17. The van der Waals surface area contributed by atoms with Gasteiger partial charge in [0.25, 0.3) is 0 Å². The molecule has 0 saturated carbocycles. The molecule has 5 heterocycles. The van der Waals surface area contributed by atoms with Gasteiger partial charge in [-0.3, -0.25) is 9.38 Å². The van der Waals surface area contributed by atoms with Gasteiger partial charge in [0.05, 0.1) is 46.3 Å². The molecular formula is C37H34N6O. The third kappa shape index (κ3) is 3.99. The maximum absolute atomic E-state index is 6.59. The maximum atomic E-state index is 6.59. The molecule has 8 rings (SSSR count). The molecule has 4 aromatic heterocycles. The van der Waals surface area contributed by atoms with Gasteiger partial charge in [-0.15, -0.1) is 0 Å². The summed E-state index contributed by atoms with van der Waals surface area (Å²) in [5, 5.41) is 2.13. The van der Waals surface area contributed by atoms with Crippen molar-refractivity contribution in [1.82, 2.24) is 19.4 Å². The zero-order chi connectivity index (χ0) is 30.1. The van der Waals surface area contributed by atoms with Crippen LogP contribution in [0.15, 0.2) is 91.3 Å². The van der Waals surface area contributed by atoms with Crippen LogP contribution in [-0.2, 0) is 0 Å². The molecule has 1 aliphatic heterocycles. The smallest absolute Gasteiger partial charge is 0.158 e. The molecule has 0 atom stereocenters. The molecule has 0 saturated heterocycles. The molecule has 0 amide bonds. The average Bonchev–Trinajstić information content (AvgIpc) is 3.59. The second kappa shape index (κ2) is 9.95. The quantitative estimate of drug-likeness (QED) is 0.190. The second-order valence-electron chi connectivity index (χ2n) is 12.3. The summed E-state index contributed by atoms with van der Waals surface area (Å²) in [6.45, 7) is 9.64. The number of aromatic nitrogens is 4. The fraction of sp³-hybridized carbons (Fsp3) is 0.216. The molecule has 1 aliphatic rings. The number of rotatable bonds is 5. The average molecular weight is 579 g/mol. The lowest BCUT2D eigenvalue weighted by Gasteiger charge is -2.24. The highest BCUT2D eigenvalue weighted by molar-refractivity contribution is 6.13. The number of benzene rings is 3. The first-order chi connectivity index (χ1) is 21.4. The van der Waals surface area contributed by atoms with Crippen molar-refractivity contribution in [1.29, 1.82) is 0 Å². The third-order valence-corrected chi connectivity index (χ3v) is 8.78. The minimum Gasteiger partial charge on any atom is -0.456 e. The number of anilines is 3. The summed E-state index contributed by atoms with van der Waals surface area (Å²) in [7, 11) is 2.10. The number of hydrogen-bond acceptors (Lipinski definition) is 6.